The highest BCUT2D eigenvalue weighted by molar-refractivity contribution is 5.78. The summed E-state index contributed by atoms with van der Waals surface area (Å²) in [5.41, 5.74) is 7.20. The molecular weight excluding hydrogens is 218 g/mol. The Bertz CT molecular complexity index is 365. The van der Waals surface area contributed by atoms with E-state index in [9.17, 15) is 4.79 Å². The van der Waals surface area contributed by atoms with Crippen LogP contribution in [0.4, 0.5) is 5.69 Å². The van der Waals surface area contributed by atoms with Crippen LogP contribution in [0, 0.1) is 0 Å². The Balaban J connectivity index is 2.46. The van der Waals surface area contributed by atoms with E-state index >= 15 is 0 Å². The van der Waals surface area contributed by atoms with Gasteiger partial charge in [0.2, 0.25) is 0 Å². The summed E-state index contributed by atoms with van der Waals surface area (Å²) in [6, 6.07) is 7.29. The zero-order valence-electron chi connectivity index (χ0n) is 10.3. The van der Waals surface area contributed by atoms with Crippen molar-refractivity contribution in [2.45, 2.75) is 19.3 Å². The van der Waals surface area contributed by atoms with E-state index in [0.29, 0.717) is 25.3 Å². The SMILES string of the molecule is COCCCOC(=O)C(C)c1cccc(N)c1. The van der Waals surface area contributed by atoms with Crippen LogP contribution in [-0.4, -0.2) is 26.3 Å². The Hall–Kier alpha value is -1.55. The summed E-state index contributed by atoms with van der Waals surface area (Å²) in [5.74, 6) is -0.521. The molecule has 0 aliphatic rings. The van der Waals surface area contributed by atoms with Crippen LogP contribution in [0.3, 0.4) is 0 Å². The van der Waals surface area contributed by atoms with Crippen LogP contribution in [-0.2, 0) is 14.3 Å². The zero-order valence-corrected chi connectivity index (χ0v) is 10.3. The van der Waals surface area contributed by atoms with Crippen molar-refractivity contribution in [3.63, 3.8) is 0 Å². The minimum atomic E-state index is -0.291. The van der Waals surface area contributed by atoms with E-state index < -0.39 is 0 Å². The third kappa shape index (κ3) is 4.44. The summed E-state index contributed by atoms with van der Waals surface area (Å²) >= 11 is 0. The normalized spacial score (nSPS) is 12.1. The van der Waals surface area contributed by atoms with Gasteiger partial charge in [-0.05, 0) is 24.6 Å². The van der Waals surface area contributed by atoms with Gasteiger partial charge in [0.15, 0.2) is 0 Å². The number of ether oxygens (including phenoxy) is 2. The van der Waals surface area contributed by atoms with Gasteiger partial charge in [0.25, 0.3) is 0 Å². The smallest absolute Gasteiger partial charge is 0.313 e. The second-order valence-corrected chi connectivity index (χ2v) is 3.91. The molecule has 2 N–H and O–H groups in total. The van der Waals surface area contributed by atoms with Crippen molar-refractivity contribution in [3.8, 4) is 0 Å². The number of esters is 1. The molecule has 1 rings (SSSR count). The first-order valence-corrected chi connectivity index (χ1v) is 5.66. The van der Waals surface area contributed by atoms with Crippen LogP contribution in [0.15, 0.2) is 24.3 Å². The van der Waals surface area contributed by atoms with Crippen LogP contribution >= 0.6 is 0 Å². The number of anilines is 1. The number of carbonyl (C=O) groups is 1. The lowest BCUT2D eigenvalue weighted by molar-refractivity contribution is -0.145. The van der Waals surface area contributed by atoms with Gasteiger partial charge in [0.05, 0.1) is 12.5 Å². The zero-order chi connectivity index (χ0) is 12.7. The second-order valence-electron chi connectivity index (χ2n) is 3.91. The van der Waals surface area contributed by atoms with Gasteiger partial charge in [-0.3, -0.25) is 4.79 Å². The van der Waals surface area contributed by atoms with Gasteiger partial charge in [-0.1, -0.05) is 12.1 Å². The molecule has 0 heterocycles. The molecule has 0 bridgehead atoms. The highest BCUT2D eigenvalue weighted by Gasteiger charge is 2.16. The number of methoxy groups -OCH3 is 1. The number of rotatable bonds is 6. The van der Waals surface area contributed by atoms with E-state index in [1.807, 2.05) is 19.1 Å². The first-order chi connectivity index (χ1) is 8.15. The standard InChI is InChI=1S/C13H19NO3/c1-10(11-5-3-6-12(14)9-11)13(15)17-8-4-7-16-2/h3,5-6,9-10H,4,7-8,14H2,1-2H3. The molecule has 0 aliphatic carbocycles. The summed E-state index contributed by atoms with van der Waals surface area (Å²) in [5, 5.41) is 0. The van der Waals surface area contributed by atoms with Gasteiger partial charge < -0.3 is 15.2 Å². The average molecular weight is 237 g/mol. The average Bonchev–Trinajstić information content (AvgIpc) is 2.33. The molecule has 17 heavy (non-hydrogen) atoms. The fourth-order valence-electron chi connectivity index (χ4n) is 1.47. The number of hydrogen-bond acceptors (Lipinski definition) is 4. The number of nitrogen functional groups attached to an aromatic ring is 1. The minimum absolute atomic E-state index is 0.230. The third-order valence-electron chi connectivity index (χ3n) is 2.50. The molecule has 0 radical (unpaired) electrons. The van der Waals surface area contributed by atoms with E-state index in [2.05, 4.69) is 0 Å². The lowest BCUT2D eigenvalue weighted by Crippen LogP contribution is -2.14. The summed E-state index contributed by atoms with van der Waals surface area (Å²) in [7, 11) is 1.62. The third-order valence-corrected chi connectivity index (χ3v) is 2.50. The quantitative estimate of drug-likeness (QED) is 0.466. The molecular formula is C13H19NO3. The van der Waals surface area contributed by atoms with Crippen molar-refractivity contribution < 1.29 is 14.3 Å². The Morgan fingerprint density at radius 2 is 2.18 bits per heavy atom. The van der Waals surface area contributed by atoms with Crippen LogP contribution in [0.1, 0.15) is 24.8 Å². The molecule has 0 fully saturated rings. The molecule has 0 amide bonds. The van der Waals surface area contributed by atoms with Crippen molar-refractivity contribution in [2.24, 2.45) is 0 Å². The second kappa shape index (κ2) is 6.91. The van der Waals surface area contributed by atoms with Crippen molar-refractivity contribution in [1.82, 2.24) is 0 Å². The van der Waals surface area contributed by atoms with E-state index in [4.69, 9.17) is 15.2 Å². The van der Waals surface area contributed by atoms with Gasteiger partial charge in [-0.25, -0.2) is 0 Å². The van der Waals surface area contributed by atoms with Crippen molar-refractivity contribution in [1.29, 1.82) is 0 Å². The van der Waals surface area contributed by atoms with Crippen LogP contribution in [0.2, 0.25) is 0 Å². The fourth-order valence-corrected chi connectivity index (χ4v) is 1.47. The minimum Gasteiger partial charge on any atom is -0.465 e. The highest BCUT2D eigenvalue weighted by atomic mass is 16.5. The molecule has 0 spiro atoms. The highest BCUT2D eigenvalue weighted by Crippen LogP contribution is 2.19. The molecule has 94 valence electrons. The van der Waals surface area contributed by atoms with Crippen molar-refractivity contribution >= 4 is 11.7 Å². The lowest BCUT2D eigenvalue weighted by atomic mass is 10.0. The Morgan fingerprint density at radius 3 is 2.82 bits per heavy atom. The Labute approximate surface area is 102 Å². The maximum Gasteiger partial charge on any atom is 0.313 e. The Morgan fingerprint density at radius 1 is 1.41 bits per heavy atom. The number of hydrogen-bond donors (Lipinski definition) is 1. The van der Waals surface area contributed by atoms with Crippen LogP contribution < -0.4 is 5.73 Å². The number of carbonyl (C=O) groups excluding carboxylic acids is 1. The van der Waals surface area contributed by atoms with Gasteiger partial charge in [0, 0.05) is 25.8 Å². The van der Waals surface area contributed by atoms with E-state index in [0.717, 1.165) is 5.56 Å². The predicted octanol–water partition coefficient (Wildman–Crippen LogP) is 1.95. The van der Waals surface area contributed by atoms with E-state index in [1.165, 1.54) is 0 Å². The topological polar surface area (TPSA) is 61.5 Å². The van der Waals surface area contributed by atoms with Crippen molar-refractivity contribution in [3.05, 3.63) is 29.8 Å². The maximum atomic E-state index is 11.7. The molecule has 4 nitrogen and oxygen atoms in total. The molecule has 1 aromatic carbocycles. The molecule has 0 aliphatic heterocycles. The largest absolute Gasteiger partial charge is 0.465 e. The number of benzene rings is 1. The first-order valence-electron chi connectivity index (χ1n) is 5.66. The van der Waals surface area contributed by atoms with E-state index in [1.54, 1.807) is 19.2 Å². The maximum absolute atomic E-state index is 11.7. The predicted molar refractivity (Wildman–Crippen MR) is 66.7 cm³/mol. The van der Waals surface area contributed by atoms with Crippen LogP contribution in [0.25, 0.3) is 0 Å². The molecule has 1 unspecified atom stereocenters. The van der Waals surface area contributed by atoms with Gasteiger partial charge in [-0.15, -0.1) is 0 Å². The van der Waals surface area contributed by atoms with Gasteiger partial charge in [0.1, 0.15) is 0 Å². The molecule has 0 saturated heterocycles. The fraction of sp³-hybridized carbons (Fsp3) is 0.462. The van der Waals surface area contributed by atoms with Gasteiger partial charge in [-0.2, -0.15) is 0 Å². The summed E-state index contributed by atoms with van der Waals surface area (Å²) in [4.78, 5) is 11.7. The van der Waals surface area contributed by atoms with Crippen molar-refractivity contribution in [2.75, 3.05) is 26.1 Å². The first kappa shape index (κ1) is 13.5. The molecule has 4 heteroatoms. The molecule has 1 atom stereocenters. The Kier molecular flexibility index (Phi) is 5.49. The van der Waals surface area contributed by atoms with E-state index in [-0.39, 0.29) is 11.9 Å². The monoisotopic (exact) mass is 237 g/mol. The molecule has 1 aromatic rings. The summed E-state index contributed by atoms with van der Waals surface area (Å²) < 4.78 is 10.0. The molecule has 0 aromatic heterocycles. The molecule has 0 saturated carbocycles. The van der Waals surface area contributed by atoms with Gasteiger partial charge >= 0.3 is 5.97 Å². The number of nitrogens with two attached hydrogens (primary N) is 1. The lowest BCUT2D eigenvalue weighted by Gasteiger charge is -2.12. The summed E-state index contributed by atoms with van der Waals surface area (Å²) in [6.45, 7) is 2.80. The van der Waals surface area contributed by atoms with Crippen LogP contribution in [0.5, 0.6) is 0 Å². The summed E-state index contributed by atoms with van der Waals surface area (Å²) in [6.07, 6.45) is 0.714.